The van der Waals surface area contributed by atoms with Crippen LogP contribution in [0, 0.1) is 0 Å². The second kappa shape index (κ2) is 6.71. The van der Waals surface area contributed by atoms with E-state index in [1.54, 1.807) is 0 Å². The molecule has 0 N–H and O–H groups in total. The van der Waals surface area contributed by atoms with Gasteiger partial charge in [-0.1, -0.05) is 36.8 Å². The number of piperidine rings is 1. The molecule has 2 rings (SSSR count). The van der Waals surface area contributed by atoms with Gasteiger partial charge in [-0.25, -0.2) is 0 Å². The largest absolute Gasteiger partial charge is 0.460 e. The molecule has 3 heteroatoms. The van der Waals surface area contributed by atoms with Gasteiger partial charge in [0.2, 0.25) is 0 Å². The summed E-state index contributed by atoms with van der Waals surface area (Å²) in [5.41, 5.74) is 1.04. The smallest absolute Gasteiger partial charge is 0.320 e. The van der Waals surface area contributed by atoms with Crippen LogP contribution in [0.3, 0.4) is 0 Å². The molecule has 1 aromatic carbocycles. The molecule has 1 saturated heterocycles. The summed E-state index contributed by atoms with van der Waals surface area (Å²) in [5, 5.41) is 0. The SMILES string of the molecule is CC1CCCC(C)N1CC(=O)OCc1ccccc1. The minimum atomic E-state index is -0.121. The Morgan fingerprint density at radius 2 is 1.84 bits per heavy atom. The lowest BCUT2D eigenvalue weighted by Gasteiger charge is -2.38. The first-order valence-electron chi connectivity index (χ1n) is 7.12. The minimum absolute atomic E-state index is 0.121. The number of rotatable bonds is 4. The van der Waals surface area contributed by atoms with Gasteiger partial charge in [-0.15, -0.1) is 0 Å². The standard InChI is InChI=1S/C16H23NO2/c1-13-7-6-8-14(2)17(13)11-16(18)19-12-15-9-4-3-5-10-15/h3-5,9-10,13-14H,6-8,11-12H2,1-2H3. The summed E-state index contributed by atoms with van der Waals surface area (Å²) in [5.74, 6) is -0.121. The summed E-state index contributed by atoms with van der Waals surface area (Å²) < 4.78 is 5.35. The summed E-state index contributed by atoms with van der Waals surface area (Å²) in [6, 6.07) is 10.8. The van der Waals surface area contributed by atoms with Gasteiger partial charge in [-0.05, 0) is 32.3 Å². The molecule has 0 aromatic heterocycles. The number of carbonyl (C=O) groups excluding carboxylic acids is 1. The number of esters is 1. The molecule has 3 nitrogen and oxygen atoms in total. The van der Waals surface area contributed by atoms with Crippen LogP contribution < -0.4 is 0 Å². The van der Waals surface area contributed by atoms with E-state index < -0.39 is 0 Å². The van der Waals surface area contributed by atoms with Crippen LogP contribution in [0.25, 0.3) is 0 Å². The fourth-order valence-corrected chi connectivity index (χ4v) is 2.72. The predicted octanol–water partition coefficient (Wildman–Crippen LogP) is 2.99. The summed E-state index contributed by atoms with van der Waals surface area (Å²) in [6.45, 7) is 5.17. The summed E-state index contributed by atoms with van der Waals surface area (Å²) in [6.07, 6.45) is 3.62. The van der Waals surface area contributed by atoms with Crippen molar-refractivity contribution in [1.29, 1.82) is 0 Å². The molecule has 0 aliphatic carbocycles. The van der Waals surface area contributed by atoms with Gasteiger partial charge in [0.25, 0.3) is 0 Å². The van der Waals surface area contributed by atoms with Gasteiger partial charge in [-0.2, -0.15) is 0 Å². The van der Waals surface area contributed by atoms with Crippen molar-refractivity contribution in [3.8, 4) is 0 Å². The molecule has 1 aliphatic heterocycles. The molecule has 1 aliphatic rings. The number of nitrogens with zero attached hydrogens (tertiary/aromatic N) is 1. The molecule has 2 unspecified atom stereocenters. The van der Waals surface area contributed by atoms with Gasteiger partial charge in [0, 0.05) is 12.1 Å². The quantitative estimate of drug-likeness (QED) is 0.780. The van der Waals surface area contributed by atoms with E-state index in [-0.39, 0.29) is 5.97 Å². The normalized spacial score (nSPS) is 24.1. The van der Waals surface area contributed by atoms with E-state index in [0.29, 0.717) is 25.2 Å². The Bertz CT molecular complexity index is 394. The van der Waals surface area contributed by atoms with Crippen LogP contribution >= 0.6 is 0 Å². The Balaban J connectivity index is 1.80. The molecule has 1 heterocycles. The molecule has 0 spiro atoms. The second-order valence-corrected chi connectivity index (χ2v) is 5.45. The third kappa shape index (κ3) is 4.06. The highest BCUT2D eigenvalue weighted by atomic mass is 16.5. The van der Waals surface area contributed by atoms with Crippen molar-refractivity contribution in [2.45, 2.75) is 51.8 Å². The number of ether oxygens (including phenoxy) is 1. The third-order valence-corrected chi connectivity index (χ3v) is 3.93. The lowest BCUT2D eigenvalue weighted by atomic mass is 9.98. The van der Waals surface area contributed by atoms with Crippen molar-refractivity contribution < 1.29 is 9.53 Å². The van der Waals surface area contributed by atoms with Crippen LogP contribution in [-0.4, -0.2) is 29.5 Å². The second-order valence-electron chi connectivity index (χ2n) is 5.45. The fraction of sp³-hybridized carbons (Fsp3) is 0.562. The van der Waals surface area contributed by atoms with Crippen molar-refractivity contribution in [1.82, 2.24) is 4.90 Å². The van der Waals surface area contributed by atoms with Gasteiger partial charge < -0.3 is 4.74 Å². The van der Waals surface area contributed by atoms with E-state index in [0.717, 1.165) is 5.56 Å². The lowest BCUT2D eigenvalue weighted by Crippen LogP contribution is -2.46. The summed E-state index contributed by atoms with van der Waals surface area (Å²) in [7, 11) is 0. The monoisotopic (exact) mass is 261 g/mol. The third-order valence-electron chi connectivity index (χ3n) is 3.93. The average Bonchev–Trinajstić information content (AvgIpc) is 2.42. The molecule has 19 heavy (non-hydrogen) atoms. The van der Waals surface area contributed by atoms with Crippen molar-refractivity contribution in [3.05, 3.63) is 35.9 Å². The van der Waals surface area contributed by atoms with Crippen molar-refractivity contribution >= 4 is 5.97 Å². The fourth-order valence-electron chi connectivity index (χ4n) is 2.72. The highest BCUT2D eigenvalue weighted by Crippen LogP contribution is 2.22. The number of hydrogen-bond acceptors (Lipinski definition) is 3. The summed E-state index contributed by atoms with van der Waals surface area (Å²) >= 11 is 0. The average molecular weight is 261 g/mol. The first-order valence-corrected chi connectivity index (χ1v) is 7.12. The van der Waals surface area contributed by atoms with Gasteiger partial charge in [0.05, 0.1) is 6.54 Å². The van der Waals surface area contributed by atoms with E-state index in [2.05, 4.69) is 18.7 Å². The topological polar surface area (TPSA) is 29.5 Å². The van der Waals surface area contributed by atoms with E-state index in [1.165, 1.54) is 19.3 Å². The van der Waals surface area contributed by atoms with E-state index in [4.69, 9.17) is 4.74 Å². The maximum atomic E-state index is 11.9. The van der Waals surface area contributed by atoms with Gasteiger partial charge in [0.15, 0.2) is 0 Å². The number of benzene rings is 1. The zero-order valence-corrected chi connectivity index (χ0v) is 11.8. The maximum absolute atomic E-state index is 11.9. The maximum Gasteiger partial charge on any atom is 0.320 e. The van der Waals surface area contributed by atoms with Crippen molar-refractivity contribution in [3.63, 3.8) is 0 Å². The molecule has 2 atom stereocenters. The molecular weight excluding hydrogens is 238 g/mol. The van der Waals surface area contributed by atoms with Crippen LogP contribution in [0.5, 0.6) is 0 Å². The van der Waals surface area contributed by atoms with Gasteiger partial charge >= 0.3 is 5.97 Å². The molecular formula is C16H23NO2. The minimum Gasteiger partial charge on any atom is -0.460 e. The number of likely N-dealkylation sites (tertiary alicyclic amines) is 1. The zero-order valence-electron chi connectivity index (χ0n) is 11.8. The molecule has 0 bridgehead atoms. The number of carbonyl (C=O) groups is 1. The first kappa shape index (κ1) is 14.1. The Hall–Kier alpha value is -1.35. The lowest BCUT2D eigenvalue weighted by molar-refractivity contribution is -0.148. The molecule has 0 amide bonds. The van der Waals surface area contributed by atoms with Gasteiger partial charge in [0.1, 0.15) is 6.61 Å². The molecule has 0 saturated carbocycles. The molecule has 1 aromatic rings. The predicted molar refractivity (Wildman–Crippen MR) is 75.7 cm³/mol. The van der Waals surface area contributed by atoms with Crippen LogP contribution in [0.4, 0.5) is 0 Å². The number of hydrogen-bond donors (Lipinski definition) is 0. The van der Waals surface area contributed by atoms with E-state index in [9.17, 15) is 4.79 Å². The Morgan fingerprint density at radius 3 is 2.47 bits per heavy atom. The highest BCUT2D eigenvalue weighted by Gasteiger charge is 2.26. The van der Waals surface area contributed by atoms with Gasteiger partial charge in [-0.3, -0.25) is 9.69 Å². The van der Waals surface area contributed by atoms with E-state index >= 15 is 0 Å². The highest BCUT2D eigenvalue weighted by molar-refractivity contribution is 5.71. The zero-order chi connectivity index (χ0) is 13.7. The first-order chi connectivity index (χ1) is 9.16. The Morgan fingerprint density at radius 1 is 1.21 bits per heavy atom. The molecule has 0 radical (unpaired) electrons. The van der Waals surface area contributed by atoms with E-state index in [1.807, 2.05) is 30.3 Å². The van der Waals surface area contributed by atoms with Crippen molar-refractivity contribution in [2.75, 3.05) is 6.54 Å². The molecule has 1 fully saturated rings. The van der Waals surface area contributed by atoms with Crippen molar-refractivity contribution in [2.24, 2.45) is 0 Å². The van der Waals surface area contributed by atoms with Crippen LogP contribution in [-0.2, 0) is 16.1 Å². The van der Waals surface area contributed by atoms with Crippen LogP contribution in [0.1, 0.15) is 38.7 Å². The Kier molecular flexibility index (Phi) is 4.97. The summed E-state index contributed by atoms with van der Waals surface area (Å²) in [4.78, 5) is 14.2. The van der Waals surface area contributed by atoms with Crippen LogP contribution in [0.2, 0.25) is 0 Å². The van der Waals surface area contributed by atoms with Crippen LogP contribution in [0.15, 0.2) is 30.3 Å². The Labute approximate surface area is 115 Å². The molecule has 104 valence electrons.